The van der Waals surface area contributed by atoms with E-state index in [2.05, 4.69) is 6.58 Å². The van der Waals surface area contributed by atoms with E-state index < -0.39 is 6.80 Å². The summed E-state index contributed by atoms with van der Waals surface area (Å²) in [5, 5.41) is 10.2. The molecular weight excluding hydrogens is 132 g/mol. The van der Waals surface area contributed by atoms with Crippen LogP contribution in [0, 0.1) is 0 Å². The third-order valence-electron chi connectivity index (χ3n) is 1.49. The molecule has 0 aliphatic carbocycles. The van der Waals surface area contributed by atoms with Gasteiger partial charge in [0.25, 0.3) is 0 Å². The van der Waals surface area contributed by atoms with E-state index in [4.69, 9.17) is 0 Å². The van der Waals surface area contributed by atoms with Crippen LogP contribution in [-0.4, -0.2) is 38.0 Å². The topological polar surface area (TPSA) is 23.1 Å². The van der Waals surface area contributed by atoms with E-state index in [0.717, 1.165) is 0 Å². The van der Waals surface area contributed by atoms with E-state index in [9.17, 15) is 9.50 Å². The molecule has 0 fully saturated rings. The minimum atomic E-state index is -0.492. The Balaban J connectivity index is 3.80. The average molecular weight is 146 g/mol. The predicted molar refractivity (Wildman–Crippen MR) is 37.0 cm³/mol. The van der Waals surface area contributed by atoms with Crippen molar-refractivity contribution >= 4 is 0 Å². The highest BCUT2D eigenvalue weighted by Crippen LogP contribution is 2.00. The monoisotopic (exact) mass is 146 g/mol. The molecule has 0 amide bonds. The molecule has 0 radical (unpaired) electrons. The Morgan fingerprint density at radius 3 is 2.60 bits per heavy atom. The van der Waals surface area contributed by atoms with Gasteiger partial charge < -0.3 is 5.11 Å². The van der Waals surface area contributed by atoms with Gasteiger partial charge in [0.15, 0.2) is 0 Å². The van der Waals surface area contributed by atoms with Crippen molar-refractivity contribution in [1.82, 2.24) is 0 Å². The highest BCUT2D eigenvalue weighted by Gasteiger charge is 2.15. The minimum absolute atomic E-state index is 0.160. The van der Waals surface area contributed by atoms with Crippen molar-refractivity contribution < 1.29 is 14.0 Å². The van der Waals surface area contributed by atoms with E-state index in [-0.39, 0.29) is 11.1 Å². The van der Waals surface area contributed by atoms with Gasteiger partial charge >= 0.3 is 0 Å². The molecule has 0 aromatic carbocycles. The van der Waals surface area contributed by atoms with Crippen molar-refractivity contribution in [2.45, 2.75) is 0 Å². The van der Waals surface area contributed by atoms with E-state index in [0.29, 0.717) is 13.1 Å². The second kappa shape index (κ2) is 4.41. The van der Waals surface area contributed by atoms with Gasteiger partial charge in [0.2, 0.25) is 6.80 Å². The van der Waals surface area contributed by atoms with Gasteiger partial charge in [-0.1, -0.05) is 13.2 Å². The van der Waals surface area contributed by atoms with Crippen molar-refractivity contribution in [2.24, 2.45) is 0 Å². The molecule has 0 aromatic heterocycles. The number of nitrogens with zero attached hydrogens (tertiary/aromatic N) is 1. The van der Waals surface area contributed by atoms with Crippen LogP contribution in [-0.2, 0) is 0 Å². The molecule has 0 rings (SSSR count). The van der Waals surface area contributed by atoms with Crippen LogP contribution in [0.1, 0.15) is 0 Å². The zero-order chi connectivity index (χ0) is 8.04. The molecule has 3 heteroatoms. The van der Waals surface area contributed by atoms with E-state index in [1.165, 1.54) is 0 Å². The molecule has 0 aliphatic heterocycles. The number of halogens is 1. The molecule has 0 aliphatic rings. The first-order chi connectivity index (χ1) is 4.68. The first kappa shape index (κ1) is 9.59. The molecule has 0 aromatic rings. The first-order valence-corrected chi connectivity index (χ1v) is 3.27. The molecular formula is C7H14FNO. The third-order valence-corrected chi connectivity index (χ3v) is 1.49. The van der Waals surface area contributed by atoms with Gasteiger partial charge in [0, 0.05) is 0 Å². The highest BCUT2D eigenvalue weighted by molar-refractivity contribution is 4.64. The summed E-state index contributed by atoms with van der Waals surface area (Å²) < 4.78 is 12.4. The predicted octanol–water partition coefficient (Wildman–Crippen LogP) is -0.0937. The second-order valence-electron chi connectivity index (χ2n) is 2.64. The normalized spacial score (nSPS) is 16.3. The summed E-state index contributed by atoms with van der Waals surface area (Å²) >= 11 is 0. The van der Waals surface area contributed by atoms with Crippen molar-refractivity contribution in [3.8, 4) is 0 Å². The van der Waals surface area contributed by atoms with Crippen molar-refractivity contribution in [3.63, 3.8) is 0 Å². The lowest BCUT2D eigenvalue weighted by Gasteiger charge is -2.31. The van der Waals surface area contributed by atoms with Crippen LogP contribution < -0.4 is 5.11 Å². The summed E-state index contributed by atoms with van der Waals surface area (Å²) in [4.78, 5) is 0. The standard InChI is InChI=1S/C7H14FNO/c1-3-4-9(2,7-8)5-6-10/h3H,1,4-7H2,2H3/i8-1. The minimum Gasteiger partial charge on any atom is -0.850 e. The van der Waals surface area contributed by atoms with Crippen LogP contribution in [0.3, 0.4) is 0 Å². The van der Waals surface area contributed by atoms with Gasteiger partial charge in [0.1, 0.15) is 0 Å². The zero-order valence-corrected chi connectivity index (χ0v) is 6.35. The van der Waals surface area contributed by atoms with Crippen LogP contribution in [0.25, 0.3) is 0 Å². The molecule has 0 heterocycles. The van der Waals surface area contributed by atoms with Gasteiger partial charge in [-0.25, -0.2) is 0 Å². The lowest BCUT2D eigenvalue weighted by Crippen LogP contribution is -2.47. The largest absolute Gasteiger partial charge is 0.850 e. The summed E-state index contributed by atoms with van der Waals surface area (Å²) in [6.45, 7) is 3.63. The van der Waals surface area contributed by atoms with Gasteiger partial charge in [-0.3, -0.25) is 4.48 Å². The Hall–Kier alpha value is -0.410. The summed E-state index contributed by atoms with van der Waals surface area (Å²) in [6, 6.07) is 0. The molecule has 1 unspecified atom stereocenters. The average Bonchev–Trinajstić information content (AvgIpc) is 1.89. The molecule has 0 N–H and O–H groups in total. The van der Waals surface area contributed by atoms with Crippen LogP contribution in [0.2, 0.25) is 0 Å². The Labute approximate surface area is 61.2 Å². The highest BCUT2D eigenvalue weighted by atomic mass is 18.2. The summed E-state index contributed by atoms with van der Waals surface area (Å²) in [6.07, 6.45) is 1.63. The van der Waals surface area contributed by atoms with Gasteiger partial charge in [-0.2, -0.15) is 4.39 Å². The fourth-order valence-electron chi connectivity index (χ4n) is 0.732. The summed E-state index contributed by atoms with van der Waals surface area (Å²) in [7, 11) is 1.71. The lowest BCUT2D eigenvalue weighted by atomic mass is 10.4. The lowest BCUT2D eigenvalue weighted by molar-refractivity contribution is -0.920. The van der Waals surface area contributed by atoms with Gasteiger partial charge in [0.05, 0.1) is 20.1 Å². The van der Waals surface area contributed by atoms with Crippen molar-refractivity contribution in [2.75, 3.05) is 33.5 Å². The number of quaternary nitrogens is 1. The summed E-state index contributed by atoms with van der Waals surface area (Å²) in [5.41, 5.74) is 0. The molecule has 0 saturated carbocycles. The maximum atomic E-state index is 12.2. The Bertz CT molecular complexity index is 108. The third kappa shape index (κ3) is 2.94. The Morgan fingerprint density at radius 2 is 2.30 bits per heavy atom. The maximum absolute atomic E-state index is 12.2. The second-order valence-corrected chi connectivity index (χ2v) is 2.64. The molecule has 0 bridgehead atoms. The maximum Gasteiger partial charge on any atom is 0.222 e. The Kier molecular flexibility index (Phi) is 4.23. The van der Waals surface area contributed by atoms with Gasteiger partial charge in [-0.05, 0) is 6.08 Å². The number of likely N-dealkylation sites (N-methyl/N-ethyl adjacent to an activating group) is 1. The molecule has 1 atom stereocenters. The number of hydrogen-bond acceptors (Lipinski definition) is 1. The summed E-state index contributed by atoms with van der Waals surface area (Å²) in [5.74, 6) is 0. The molecule has 10 heavy (non-hydrogen) atoms. The number of alkyl halides is 1. The van der Waals surface area contributed by atoms with Crippen molar-refractivity contribution in [1.29, 1.82) is 0 Å². The molecule has 0 saturated heterocycles. The van der Waals surface area contributed by atoms with Crippen LogP contribution in [0.15, 0.2) is 12.7 Å². The van der Waals surface area contributed by atoms with E-state index >= 15 is 0 Å². The Morgan fingerprint density at radius 1 is 1.70 bits per heavy atom. The van der Waals surface area contributed by atoms with E-state index in [1.807, 2.05) is 0 Å². The molecule has 2 nitrogen and oxygen atoms in total. The smallest absolute Gasteiger partial charge is 0.222 e. The quantitative estimate of drug-likeness (QED) is 0.302. The van der Waals surface area contributed by atoms with Gasteiger partial charge in [-0.15, -0.1) is 0 Å². The van der Waals surface area contributed by atoms with Crippen LogP contribution in [0.5, 0.6) is 0 Å². The SMILES string of the molecule is C=CC[N+](C)(C[18F])CC[O-]. The fourth-order valence-corrected chi connectivity index (χ4v) is 0.732. The fraction of sp³-hybridized carbons (Fsp3) is 0.714. The number of rotatable bonds is 5. The molecule has 60 valence electrons. The van der Waals surface area contributed by atoms with E-state index in [1.54, 1.807) is 13.1 Å². The van der Waals surface area contributed by atoms with Crippen LogP contribution >= 0.6 is 0 Å². The van der Waals surface area contributed by atoms with Crippen molar-refractivity contribution in [3.05, 3.63) is 12.7 Å². The first-order valence-electron chi connectivity index (χ1n) is 3.27. The molecule has 0 spiro atoms. The van der Waals surface area contributed by atoms with Crippen LogP contribution in [0.4, 0.5) is 4.39 Å². The zero-order valence-electron chi connectivity index (χ0n) is 6.35. The number of hydrogen-bond donors (Lipinski definition) is 0.